The summed E-state index contributed by atoms with van der Waals surface area (Å²) in [5, 5.41) is 8.65. The number of thioether (sulfide) groups is 1. The number of benzene rings is 1. The standard InChI is InChI=1S/C10H11NOS2/c12-6-3-7-13-10-11-8-4-1-2-5-9(8)14-10/h1-2,4-5,12H,3,6-7H2. The largest absolute Gasteiger partial charge is 0.396 e. The van der Waals surface area contributed by atoms with Crippen molar-refractivity contribution in [1.82, 2.24) is 4.98 Å². The first-order chi connectivity index (χ1) is 6.90. The van der Waals surface area contributed by atoms with Gasteiger partial charge < -0.3 is 5.11 Å². The number of aromatic nitrogens is 1. The lowest BCUT2D eigenvalue weighted by Gasteiger charge is -1.92. The van der Waals surface area contributed by atoms with Gasteiger partial charge in [0.15, 0.2) is 4.34 Å². The lowest BCUT2D eigenvalue weighted by Crippen LogP contribution is -1.84. The van der Waals surface area contributed by atoms with Gasteiger partial charge in [-0.2, -0.15) is 0 Å². The second kappa shape index (κ2) is 4.77. The predicted octanol–water partition coefficient (Wildman–Crippen LogP) is 2.77. The summed E-state index contributed by atoms with van der Waals surface area (Å²) in [6.45, 7) is 0.262. The number of fused-ring (bicyclic) bond motifs is 1. The highest BCUT2D eigenvalue weighted by Crippen LogP contribution is 2.29. The number of rotatable bonds is 4. The fraction of sp³-hybridized carbons (Fsp3) is 0.300. The Morgan fingerprint density at radius 1 is 1.36 bits per heavy atom. The molecule has 1 aromatic carbocycles. The third-order valence-electron chi connectivity index (χ3n) is 1.80. The van der Waals surface area contributed by atoms with E-state index >= 15 is 0 Å². The van der Waals surface area contributed by atoms with Crippen LogP contribution in [0, 0.1) is 0 Å². The number of aliphatic hydroxyl groups excluding tert-OH is 1. The molecule has 74 valence electrons. The minimum Gasteiger partial charge on any atom is -0.396 e. The zero-order valence-electron chi connectivity index (χ0n) is 7.64. The lowest BCUT2D eigenvalue weighted by atomic mass is 10.3. The Bertz CT molecular complexity index is 380. The molecule has 1 aromatic heterocycles. The average molecular weight is 225 g/mol. The van der Waals surface area contributed by atoms with Crippen molar-refractivity contribution in [1.29, 1.82) is 0 Å². The zero-order valence-corrected chi connectivity index (χ0v) is 9.27. The van der Waals surface area contributed by atoms with Gasteiger partial charge in [0.1, 0.15) is 0 Å². The van der Waals surface area contributed by atoms with Crippen molar-refractivity contribution in [2.75, 3.05) is 12.4 Å². The maximum absolute atomic E-state index is 8.65. The van der Waals surface area contributed by atoms with Gasteiger partial charge in [0.25, 0.3) is 0 Å². The Balaban J connectivity index is 2.11. The van der Waals surface area contributed by atoms with E-state index in [0.717, 1.165) is 22.0 Å². The molecule has 2 rings (SSSR count). The molecular weight excluding hydrogens is 214 g/mol. The second-order valence-electron chi connectivity index (χ2n) is 2.87. The SMILES string of the molecule is OCCCSc1nc2ccccc2s1. The van der Waals surface area contributed by atoms with Crippen LogP contribution in [0.5, 0.6) is 0 Å². The zero-order chi connectivity index (χ0) is 9.80. The molecule has 0 aliphatic rings. The number of nitrogens with zero attached hydrogens (tertiary/aromatic N) is 1. The van der Waals surface area contributed by atoms with Crippen LogP contribution in [0.15, 0.2) is 28.6 Å². The van der Waals surface area contributed by atoms with Gasteiger partial charge >= 0.3 is 0 Å². The van der Waals surface area contributed by atoms with Crippen LogP contribution in [0.1, 0.15) is 6.42 Å². The van der Waals surface area contributed by atoms with E-state index in [1.165, 1.54) is 4.70 Å². The highest BCUT2D eigenvalue weighted by molar-refractivity contribution is 8.01. The minimum atomic E-state index is 0.262. The van der Waals surface area contributed by atoms with E-state index < -0.39 is 0 Å². The summed E-state index contributed by atoms with van der Waals surface area (Å²) in [6, 6.07) is 8.15. The highest BCUT2D eigenvalue weighted by Gasteiger charge is 2.02. The lowest BCUT2D eigenvalue weighted by molar-refractivity contribution is 0.296. The van der Waals surface area contributed by atoms with Crippen molar-refractivity contribution in [2.45, 2.75) is 10.8 Å². The van der Waals surface area contributed by atoms with Crippen molar-refractivity contribution in [3.05, 3.63) is 24.3 Å². The maximum atomic E-state index is 8.65. The molecule has 0 unspecified atom stereocenters. The number of hydrogen-bond acceptors (Lipinski definition) is 4. The van der Waals surface area contributed by atoms with E-state index in [-0.39, 0.29) is 6.61 Å². The van der Waals surface area contributed by atoms with Gasteiger partial charge in [-0.1, -0.05) is 23.9 Å². The molecular formula is C10H11NOS2. The molecule has 0 bridgehead atoms. The van der Waals surface area contributed by atoms with Gasteiger partial charge in [-0.15, -0.1) is 11.3 Å². The van der Waals surface area contributed by atoms with E-state index in [9.17, 15) is 0 Å². The monoisotopic (exact) mass is 225 g/mol. The van der Waals surface area contributed by atoms with Crippen LogP contribution in [-0.4, -0.2) is 22.5 Å². The first-order valence-corrected chi connectivity index (χ1v) is 6.29. The van der Waals surface area contributed by atoms with Gasteiger partial charge in [0.2, 0.25) is 0 Å². The normalized spacial score (nSPS) is 10.9. The van der Waals surface area contributed by atoms with Gasteiger partial charge in [-0.3, -0.25) is 0 Å². The van der Waals surface area contributed by atoms with Crippen molar-refractivity contribution >= 4 is 33.3 Å². The van der Waals surface area contributed by atoms with E-state index in [1.54, 1.807) is 23.1 Å². The van der Waals surface area contributed by atoms with Crippen LogP contribution in [-0.2, 0) is 0 Å². The summed E-state index contributed by atoms with van der Waals surface area (Å²) in [7, 11) is 0. The molecule has 2 aromatic rings. The molecule has 1 N–H and O–H groups in total. The molecule has 0 spiro atoms. The van der Waals surface area contributed by atoms with Gasteiger partial charge in [0.05, 0.1) is 10.2 Å². The molecule has 1 heterocycles. The van der Waals surface area contributed by atoms with Crippen LogP contribution in [0.25, 0.3) is 10.2 Å². The van der Waals surface area contributed by atoms with E-state index in [0.29, 0.717) is 0 Å². The molecule has 0 fully saturated rings. The molecule has 14 heavy (non-hydrogen) atoms. The summed E-state index contributed by atoms with van der Waals surface area (Å²) in [4.78, 5) is 4.48. The summed E-state index contributed by atoms with van der Waals surface area (Å²) < 4.78 is 2.33. The first kappa shape index (κ1) is 9.96. The topological polar surface area (TPSA) is 33.1 Å². The third kappa shape index (κ3) is 2.26. The van der Waals surface area contributed by atoms with E-state index in [1.807, 2.05) is 18.2 Å². The van der Waals surface area contributed by atoms with E-state index in [2.05, 4.69) is 11.1 Å². The summed E-state index contributed by atoms with van der Waals surface area (Å²) in [5.41, 5.74) is 1.07. The van der Waals surface area contributed by atoms with Crippen LogP contribution < -0.4 is 0 Å². The molecule has 0 aliphatic heterocycles. The van der Waals surface area contributed by atoms with Crippen LogP contribution in [0.4, 0.5) is 0 Å². The predicted molar refractivity (Wildman–Crippen MR) is 62.0 cm³/mol. The smallest absolute Gasteiger partial charge is 0.151 e. The first-order valence-electron chi connectivity index (χ1n) is 4.49. The Kier molecular flexibility index (Phi) is 3.39. The number of hydrogen-bond donors (Lipinski definition) is 1. The third-order valence-corrected chi connectivity index (χ3v) is 4.07. The summed E-state index contributed by atoms with van der Waals surface area (Å²) in [5.74, 6) is 0.941. The Morgan fingerprint density at radius 3 is 3.00 bits per heavy atom. The Labute approximate surface area is 91.0 Å². The van der Waals surface area contributed by atoms with Gasteiger partial charge in [-0.25, -0.2) is 4.98 Å². The number of para-hydroxylation sites is 1. The fourth-order valence-corrected chi connectivity index (χ4v) is 3.20. The number of thiazole rings is 1. The minimum absolute atomic E-state index is 0.262. The molecule has 0 radical (unpaired) electrons. The van der Waals surface area contributed by atoms with Crippen LogP contribution in [0.3, 0.4) is 0 Å². The maximum Gasteiger partial charge on any atom is 0.151 e. The fourth-order valence-electron chi connectivity index (χ4n) is 1.14. The van der Waals surface area contributed by atoms with Crippen molar-refractivity contribution in [2.24, 2.45) is 0 Å². The van der Waals surface area contributed by atoms with Crippen LogP contribution in [0.2, 0.25) is 0 Å². The molecule has 0 aliphatic carbocycles. The average Bonchev–Trinajstić information content (AvgIpc) is 2.60. The second-order valence-corrected chi connectivity index (χ2v) is 5.25. The van der Waals surface area contributed by atoms with Gasteiger partial charge in [-0.05, 0) is 18.6 Å². The molecule has 0 saturated carbocycles. The summed E-state index contributed by atoms with van der Waals surface area (Å²) >= 11 is 3.44. The Morgan fingerprint density at radius 2 is 2.21 bits per heavy atom. The van der Waals surface area contributed by atoms with Crippen molar-refractivity contribution < 1.29 is 5.11 Å². The molecule has 2 nitrogen and oxygen atoms in total. The molecule has 0 saturated heterocycles. The Hall–Kier alpha value is -0.580. The number of aliphatic hydroxyl groups is 1. The van der Waals surface area contributed by atoms with Crippen molar-refractivity contribution in [3.63, 3.8) is 0 Å². The highest BCUT2D eigenvalue weighted by atomic mass is 32.2. The molecule has 4 heteroatoms. The van der Waals surface area contributed by atoms with Crippen molar-refractivity contribution in [3.8, 4) is 0 Å². The molecule has 0 atom stereocenters. The van der Waals surface area contributed by atoms with Gasteiger partial charge in [0, 0.05) is 12.4 Å². The quantitative estimate of drug-likeness (QED) is 0.641. The van der Waals surface area contributed by atoms with Crippen LogP contribution >= 0.6 is 23.1 Å². The molecule has 0 amide bonds. The van der Waals surface area contributed by atoms with E-state index in [4.69, 9.17) is 5.11 Å². The summed E-state index contributed by atoms with van der Waals surface area (Å²) in [6.07, 6.45) is 0.834.